The third-order valence-electron chi connectivity index (χ3n) is 2.05. The van der Waals surface area contributed by atoms with Crippen LogP contribution in [0.25, 0.3) is 0 Å². The van der Waals surface area contributed by atoms with Crippen LogP contribution < -0.4 is 5.14 Å². The molecule has 0 amide bonds. The predicted octanol–water partition coefficient (Wildman–Crippen LogP) is -0.00410. The lowest BCUT2D eigenvalue weighted by Gasteiger charge is -2.22. The van der Waals surface area contributed by atoms with E-state index in [-0.39, 0.29) is 6.04 Å². The molecule has 1 fully saturated rings. The number of hydrogen-bond acceptors (Lipinski definition) is 3. The summed E-state index contributed by atoms with van der Waals surface area (Å²) in [6.45, 7) is 0. The van der Waals surface area contributed by atoms with E-state index < -0.39 is 10.2 Å². The average molecular weight is 194 g/mol. The van der Waals surface area contributed by atoms with Crippen molar-refractivity contribution in [3.05, 3.63) is 0 Å². The Morgan fingerprint density at radius 2 is 1.92 bits per heavy atom. The summed E-state index contributed by atoms with van der Waals surface area (Å²) in [5.74, 6) is 0. The quantitative estimate of drug-likeness (QED) is 0.642. The molecular weight excluding hydrogens is 180 g/mol. The van der Waals surface area contributed by atoms with Crippen LogP contribution in [0.5, 0.6) is 0 Å². The zero-order valence-corrected chi connectivity index (χ0v) is 7.88. The van der Waals surface area contributed by atoms with Crippen molar-refractivity contribution in [2.24, 2.45) is 5.14 Å². The van der Waals surface area contributed by atoms with Gasteiger partial charge in [-0.1, -0.05) is 17.3 Å². The fourth-order valence-electron chi connectivity index (χ4n) is 1.58. The zero-order chi connectivity index (χ0) is 9.19. The van der Waals surface area contributed by atoms with Crippen molar-refractivity contribution in [3.63, 3.8) is 0 Å². The maximum atomic E-state index is 10.9. The van der Waals surface area contributed by atoms with Crippen LogP contribution in [0.3, 0.4) is 0 Å². The summed E-state index contributed by atoms with van der Waals surface area (Å²) in [4.78, 5) is 4.72. The molecule has 0 spiro atoms. The first-order valence-corrected chi connectivity index (χ1v) is 5.42. The van der Waals surface area contributed by atoms with Gasteiger partial charge in [-0.15, -0.1) is 0 Å². The van der Waals surface area contributed by atoms with Crippen molar-refractivity contribution < 1.29 is 13.3 Å². The minimum atomic E-state index is -3.69. The summed E-state index contributed by atoms with van der Waals surface area (Å²) in [5, 5.41) is 4.94. The monoisotopic (exact) mass is 194 g/mol. The standard InChI is InChI=1S/C6H14N2O3S/c1-11-8(12(7,9)10)6-4-2-3-5-6/h6H,2-5H2,1H3,(H2,7,9,10). The van der Waals surface area contributed by atoms with Gasteiger partial charge in [0.05, 0.1) is 13.2 Å². The van der Waals surface area contributed by atoms with Gasteiger partial charge < -0.3 is 0 Å². The fraction of sp³-hybridized carbons (Fsp3) is 1.00. The number of nitrogens with zero attached hydrogens (tertiary/aromatic N) is 1. The maximum Gasteiger partial charge on any atom is 0.299 e. The minimum absolute atomic E-state index is 0.0648. The summed E-state index contributed by atoms with van der Waals surface area (Å²) in [6, 6.07) is -0.0648. The van der Waals surface area contributed by atoms with Crippen LogP contribution >= 0.6 is 0 Å². The van der Waals surface area contributed by atoms with Crippen LogP contribution in [-0.4, -0.2) is 26.0 Å². The van der Waals surface area contributed by atoms with E-state index in [2.05, 4.69) is 0 Å². The second-order valence-electron chi connectivity index (χ2n) is 2.92. The Balaban J connectivity index is 2.68. The predicted molar refractivity (Wildman–Crippen MR) is 44.2 cm³/mol. The number of hydroxylamine groups is 1. The first kappa shape index (κ1) is 9.91. The van der Waals surface area contributed by atoms with Crippen molar-refractivity contribution in [1.82, 2.24) is 4.47 Å². The molecule has 5 nitrogen and oxygen atoms in total. The van der Waals surface area contributed by atoms with E-state index in [1.54, 1.807) is 0 Å². The summed E-state index contributed by atoms with van der Waals surface area (Å²) < 4.78 is 22.8. The van der Waals surface area contributed by atoms with E-state index in [1.807, 2.05) is 0 Å². The van der Waals surface area contributed by atoms with Crippen molar-refractivity contribution in [1.29, 1.82) is 0 Å². The molecule has 72 valence electrons. The topological polar surface area (TPSA) is 72.6 Å². The van der Waals surface area contributed by atoms with Gasteiger partial charge in [0.2, 0.25) is 0 Å². The highest BCUT2D eigenvalue weighted by Gasteiger charge is 2.29. The molecule has 6 heteroatoms. The second-order valence-corrected chi connectivity index (χ2v) is 4.31. The van der Waals surface area contributed by atoms with Gasteiger partial charge in [0.1, 0.15) is 0 Å². The fourth-order valence-corrected chi connectivity index (χ4v) is 2.41. The Bertz CT molecular complexity index is 233. The first-order valence-electron chi connectivity index (χ1n) is 3.92. The average Bonchev–Trinajstić information content (AvgIpc) is 2.38. The molecule has 0 aliphatic heterocycles. The Hall–Kier alpha value is -0.170. The van der Waals surface area contributed by atoms with Crippen LogP contribution in [0.4, 0.5) is 0 Å². The lowest BCUT2D eigenvalue weighted by atomic mass is 10.3. The largest absolute Gasteiger partial charge is 0.299 e. The number of hydrogen-bond donors (Lipinski definition) is 1. The van der Waals surface area contributed by atoms with Crippen molar-refractivity contribution >= 4 is 10.2 Å². The molecule has 0 saturated heterocycles. The molecule has 0 atom stereocenters. The van der Waals surface area contributed by atoms with Gasteiger partial charge in [-0.3, -0.25) is 4.84 Å². The molecule has 0 aromatic carbocycles. The molecule has 1 aliphatic carbocycles. The molecule has 1 saturated carbocycles. The molecule has 0 aromatic rings. The molecule has 0 radical (unpaired) electrons. The van der Waals surface area contributed by atoms with E-state index in [1.165, 1.54) is 7.11 Å². The van der Waals surface area contributed by atoms with Gasteiger partial charge in [0.25, 0.3) is 10.2 Å². The second kappa shape index (κ2) is 3.69. The molecule has 0 aromatic heterocycles. The van der Waals surface area contributed by atoms with Crippen LogP contribution in [-0.2, 0) is 15.0 Å². The molecule has 12 heavy (non-hydrogen) atoms. The molecular formula is C6H14N2O3S. The van der Waals surface area contributed by atoms with E-state index in [4.69, 9.17) is 9.98 Å². The summed E-state index contributed by atoms with van der Waals surface area (Å²) >= 11 is 0. The third-order valence-corrected chi connectivity index (χ3v) is 3.00. The SMILES string of the molecule is CON(C1CCCC1)S(N)(=O)=O. The summed E-state index contributed by atoms with van der Waals surface area (Å²) in [7, 11) is -2.37. The number of nitrogens with two attached hydrogens (primary N) is 1. The third kappa shape index (κ3) is 2.16. The maximum absolute atomic E-state index is 10.9. The van der Waals surface area contributed by atoms with Gasteiger partial charge in [0, 0.05) is 0 Å². The lowest BCUT2D eigenvalue weighted by molar-refractivity contribution is -0.0786. The molecule has 0 heterocycles. The van der Waals surface area contributed by atoms with E-state index in [9.17, 15) is 8.42 Å². The summed E-state index contributed by atoms with van der Waals surface area (Å²) in [6.07, 6.45) is 3.76. The highest BCUT2D eigenvalue weighted by atomic mass is 32.2. The van der Waals surface area contributed by atoms with Crippen molar-refractivity contribution in [2.45, 2.75) is 31.7 Å². The Morgan fingerprint density at radius 3 is 2.25 bits per heavy atom. The normalized spacial score (nSPS) is 20.6. The molecule has 0 unspecified atom stereocenters. The molecule has 0 bridgehead atoms. The Kier molecular flexibility index (Phi) is 3.05. The minimum Gasteiger partial charge on any atom is -0.286 e. The van der Waals surface area contributed by atoms with Gasteiger partial charge in [0.15, 0.2) is 0 Å². The Morgan fingerprint density at radius 1 is 1.42 bits per heavy atom. The van der Waals surface area contributed by atoms with Crippen LogP contribution in [0.1, 0.15) is 25.7 Å². The van der Waals surface area contributed by atoms with Crippen LogP contribution in [0.2, 0.25) is 0 Å². The van der Waals surface area contributed by atoms with Gasteiger partial charge in [-0.05, 0) is 12.8 Å². The van der Waals surface area contributed by atoms with Crippen molar-refractivity contribution in [2.75, 3.05) is 7.11 Å². The lowest BCUT2D eigenvalue weighted by Crippen LogP contribution is -2.42. The first-order chi connectivity index (χ1) is 5.55. The van der Waals surface area contributed by atoms with Gasteiger partial charge in [-0.2, -0.15) is 8.42 Å². The van der Waals surface area contributed by atoms with Crippen LogP contribution in [0.15, 0.2) is 0 Å². The number of rotatable bonds is 3. The molecule has 1 rings (SSSR count). The van der Waals surface area contributed by atoms with Crippen LogP contribution in [0, 0.1) is 0 Å². The van der Waals surface area contributed by atoms with Gasteiger partial charge >= 0.3 is 0 Å². The smallest absolute Gasteiger partial charge is 0.286 e. The van der Waals surface area contributed by atoms with E-state index >= 15 is 0 Å². The van der Waals surface area contributed by atoms with Crippen molar-refractivity contribution in [3.8, 4) is 0 Å². The van der Waals surface area contributed by atoms with Gasteiger partial charge in [-0.25, -0.2) is 5.14 Å². The molecule has 1 aliphatic rings. The van der Waals surface area contributed by atoms with E-state index in [0.29, 0.717) is 0 Å². The zero-order valence-electron chi connectivity index (χ0n) is 7.06. The van der Waals surface area contributed by atoms with E-state index in [0.717, 1.165) is 30.2 Å². The summed E-state index contributed by atoms with van der Waals surface area (Å²) in [5.41, 5.74) is 0. The Labute approximate surface area is 72.6 Å². The highest BCUT2D eigenvalue weighted by molar-refractivity contribution is 7.86. The molecule has 2 N–H and O–H groups in total. The highest BCUT2D eigenvalue weighted by Crippen LogP contribution is 2.24.